The van der Waals surface area contributed by atoms with Crippen molar-refractivity contribution in [1.29, 1.82) is 5.41 Å². The Labute approximate surface area is 79.3 Å². The lowest BCUT2D eigenvalue weighted by molar-refractivity contribution is 0.651. The minimum Gasteiger partial charge on any atom is -0.312 e. The maximum Gasteiger partial charge on any atom is 0.0191 e. The molecule has 0 aromatic heterocycles. The molecule has 0 bridgehead atoms. The van der Waals surface area contributed by atoms with Crippen LogP contribution in [0.4, 0.5) is 0 Å². The molecule has 1 aliphatic rings. The Kier molecular flexibility index (Phi) is 2.17. The number of fused-ring (bicyclic) bond motifs is 1. The summed E-state index contributed by atoms with van der Waals surface area (Å²) in [5.74, 6) is 0.380. The van der Waals surface area contributed by atoms with Gasteiger partial charge in [-0.3, -0.25) is 0 Å². The Morgan fingerprint density at radius 1 is 1.46 bits per heavy atom. The van der Waals surface area contributed by atoms with Gasteiger partial charge in [0, 0.05) is 12.1 Å². The third-order valence-electron chi connectivity index (χ3n) is 2.95. The van der Waals surface area contributed by atoms with Gasteiger partial charge in [-0.2, -0.15) is 0 Å². The van der Waals surface area contributed by atoms with E-state index in [2.05, 4.69) is 25.1 Å². The quantitative estimate of drug-likeness (QED) is 0.631. The van der Waals surface area contributed by atoms with Crippen molar-refractivity contribution in [3.63, 3.8) is 0 Å². The van der Waals surface area contributed by atoms with Crippen molar-refractivity contribution in [3.05, 3.63) is 34.9 Å². The van der Waals surface area contributed by atoms with Crippen LogP contribution in [0.15, 0.2) is 18.2 Å². The molecular weight excluding hydrogens is 158 g/mol. The molecule has 1 heteroatoms. The highest BCUT2D eigenvalue weighted by Gasteiger charge is 2.19. The molecule has 2 rings (SSSR count). The maximum atomic E-state index is 7.40. The monoisotopic (exact) mass is 173 g/mol. The summed E-state index contributed by atoms with van der Waals surface area (Å²) in [6, 6.07) is 6.49. The lowest BCUT2D eigenvalue weighted by Gasteiger charge is -2.23. The standard InChI is InChI=1S/C12H15N/c1-9-4-2-5-10-6-3-7-11(8-13)12(9)10/h2,4-5,8,11,13H,3,6-7H2,1H3. The molecule has 0 radical (unpaired) electrons. The maximum absolute atomic E-state index is 7.40. The van der Waals surface area contributed by atoms with Crippen LogP contribution in [0.25, 0.3) is 0 Å². The molecule has 68 valence electrons. The van der Waals surface area contributed by atoms with Gasteiger partial charge in [-0.15, -0.1) is 0 Å². The predicted octanol–water partition coefficient (Wildman–Crippen LogP) is 3.06. The van der Waals surface area contributed by atoms with Crippen molar-refractivity contribution in [2.75, 3.05) is 0 Å². The SMILES string of the molecule is Cc1cccc2c1C(C=N)CCC2. The second-order valence-electron chi connectivity index (χ2n) is 3.81. The average Bonchev–Trinajstić information content (AvgIpc) is 2.17. The smallest absolute Gasteiger partial charge is 0.0191 e. The molecule has 0 spiro atoms. The van der Waals surface area contributed by atoms with Crippen LogP contribution in [0.1, 0.15) is 35.4 Å². The minimum atomic E-state index is 0.380. The Hall–Kier alpha value is -1.11. The Morgan fingerprint density at radius 3 is 3.08 bits per heavy atom. The predicted molar refractivity (Wildman–Crippen MR) is 55.6 cm³/mol. The number of hydrogen-bond donors (Lipinski definition) is 1. The Balaban J connectivity index is 2.53. The van der Waals surface area contributed by atoms with Crippen LogP contribution < -0.4 is 0 Å². The van der Waals surface area contributed by atoms with E-state index in [4.69, 9.17) is 5.41 Å². The van der Waals surface area contributed by atoms with E-state index < -0.39 is 0 Å². The van der Waals surface area contributed by atoms with E-state index in [9.17, 15) is 0 Å². The van der Waals surface area contributed by atoms with Gasteiger partial charge in [0.2, 0.25) is 0 Å². The minimum absolute atomic E-state index is 0.380. The van der Waals surface area contributed by atoms with Crippen molar-refractivity contribution < 1.29 is 0 Å². The summed E-state index contributed by atoms with van der Waals surface area (Å²) in [5.41, 5.74) is 4.23. The van der Waals surface area contributed by atoms with Gasteiger partial charge in [0.15, 0.2) is 0 Å². The van der Waals surface area contributed by atoms with Gasteiger partial charge < -0.3 is 5.41 Å². The lowest BCUT2D eigenvalue weighted by Crippen LogP contribution is -2.12. The van der Waals surface area contributed by atoms with Crippen molar-refractivity contribution in [1.82, 2.24) is 0 Å². The molecule has 1 unspecified atom stereocenters. The van der Waals surface area contributed by atoms with Crippen LogP contribution in [-0.2, 0) is 6.42 Å². The summed E-state index contributed by atoms with van der Waals surface area (Å²) in [4.78, 5) is 0. The molecule has 1 N–H and O–H groups in total. The van der Waals surface area contributed by atoms with E-state index in [0.717, 1.165) is 6.42 Å². The molecule has 0 heterocycles. The summed E-state index contributed by atoms with van der Waals surface area (Å²) < 4.78 is 0. The fourth-order valence-corrected chi connectivity index (χ4v) is 2.31. The van der Waals surface area contributed by atoms with Gasteiger partial charge in [0.1, 0.15) is 0 Å². The molecule has 0 fully saturated rings. The Bertz CT molecular complexity index is 328. The van der Waals surface area contributed by atoms with E-state index in [0.29, 0.717) is 5.92 Å². The van der Waals surface area contributed by atoms with E-state index in [1.54, 1.807) is 6.21 Å². The number of hydrogen-bond acceptors (Lipinski definition) is 1. The topological polar surface area (TPSA) is 23.9 Å². The summed E-state index contributed by atoms with van der Waals surface area (Å²) in [6.45, 7) is 2.15. The summed E-state index contributed by atoms with van der Waals surface area (Å²) in [7, 11) is 0. The zero-order chi connectivity index (χ0) is 9.26. The van der Waals surface area contributed by atoms with Gasteiger partial charge in [0.25, 0.3) is 0 Å². The van der Waals surface area contributed by atoms with Gasteiger partial charge in [-0.25, -0.2) is 0 Å². The first-order valence-corrected chi connectivity index (χ1v) is 4.92. The van der Waals surface area contributed by atoms with E-state index >= 15 is 0 Å². The van der Waals surface area contributed by atoms with Gasteiger partial charge in [-0.05, 0) is 42.9 Å². The van der Waals surface area contributed by atoms with Gasteiger partial charge in [-0.1, -0.05) is 18.2 Å². The molecule has 13 heavy (non-hydrogen) atoms. The highest BCUT2D eigenvalue weighted by molar-refractivity contribution is 5.67. The summed E-state index contributed by atoms with van der Waals surface area (Å²) >= 11 is 0. The van der Waals surface area contributed by atoms with Crippen LogP contribution in [0, 0.1) is 12.3 Å². The number of nitrogens with one attached hydrogen (secondary N) is 1. The normalized spacial score (nSPS) is 20.8. The first-order valence-electron chi connectivity index (χ1n) is 4.92. The van der Waals surface area contributed by atoms with Crippen molar-refractivity contribution >= 4 is 6.21 Å². The van der Waals surface area contributed by atoms with Crippen LogP contribution in [0.3, 0.4) is 0 Å². The molecule has 1 aromatic carbocycles. The van der Waals surface area contributed by atoms with Crippen molar-refractivity contribution in [3.8, 4) is 0 Å². The molecule has 1 aromatic rings. The van der Waals surface area contributed by atoms with Gasteiger partial charge >= 0.3 is 0 Å². The second kappa shape index (κ2) is 3.33. The van der Waals surface area contributed by atoms with E-state index in [-0.39, 0.29) is 0 Å². The number of aryl methyl sites for hydroxylation is 2. The van der Waals surface area contributed by atoms with Crippen molar-refractivity contribution in [2.45, 2.75) is 32.1 Å². The van der Waals surface area contributed by atoms with Crippen LogP contribution >= 0.6 is 0 Å². The lowest BCUT2D eigenvalue weighted by atomic mass is 9.81. The van der Waals surface area contributed by atoms with Gasteiger partial charge in [0.05, 0.1) is 0 Å². The average molecular weight is 173 g/mol. The largest absolute Gasteiger partial charge is 0.312 e. The fourth-order valence-electron chi connectivity index (χ4n) is 2.31. The zero-order valence-corrected chi connectivity index (χ0v) is 8.01. The third kappa shape index (κ3) is 1.39. The molecular formula is C12H15N. The molecule has 0 saturated carbocycles. The van der Waals surface area contributed by atoms with Crippen LogP contribution in [-0.4, -0.2) is 6.21 Å². The second-order valence-corrected chi connectivity index (χ2v) is 3.81. The first-order chi connectivity index (χ1) is 6.33. The fraction of sp³-hybridized carbons (Fsp3) is 0.417. The molecule has 0 aliphatic heterocycles. The third-order valence-corrected chi connectivity index (χ3v) is 2.95. The highest BCUT2D eigenvalue weighted by atomic mass is 14.4. The molecule has 1 atom stereocenters. The molecule has 1 aliphatic carbocycles. The highest BCUT2D eigenvalue weighted by Crippen LogP contribution is 2.32. The zero-order valence-electron chi connectivity index (χ0n) is 8.01. The van der Waals surface area contributed by atoms with Crippen LogP contribution in [0.5, 0.6) is 0 Å². The van der Waals surface area contributed by atoms with Crippen LogP contribution in [0.2, 0.25) is 0 Å². The number of benzene rings is 1. The number of rotatable bonds is 1. The molecule has 1 nitrogen and oxygen atoms in total. The summed E-state index contributed by atoms with van der Waals surface area (Å²) in [5, 5.41) is 7.40. The first kappa shape index (κ1) is 8.49. The molecule has 0 amide bonds. The molecule has 0 saturated heterocycles. The van der Waals surface area contributed by atoms with Crippen molar-refractivity contribution in [2.24, 2.45) is 0 Å². The van der Waals surface area contributed by atoms with E-state index in [1.807, 2.05) is 0 Å². The Morgan fingerprint density at radius 2 is 2.31 bits per heavy atom. The van der Waals surface area contributed by atoms with E-state index in [1.165, 1.54) is 29.5 Å². The summed E-state index contributed by atoms with van der Waals surface area (Å²) in [6.07, 6.45) is 5.18.